The van der Waals surface area contributed by atoms with Gasteiger partial charge in [-0.1, -0.05) is 60.7 Å². The largest absolute Gasteiger partial charge is 0.463 e. The summed E-state index contributed by atoms with van der Waals surface area (Å²) in [5.74, 6) is -0.697. The highest BCUT2D eigenvalue weighted by Gasteiger charge is 2.30. The molecule has 0 saturated carbocycles. The van der Waals surface area contributed by atoms with E-state index < -0.39 is 12.1 Å². The number of rotatable bonds is 4. The lowest BCUT2D eigenvalue weighted by Gasteiger charge is -2.16. The van der Waals surface area contributed by atoms with Crippen LogP contribution >= 0.6 is 0 Å². The summed E-state index contributed by atoms with van der Waals surface area (Å²) < 4.78 is 5.47. The van der Waals surface area contributed by atoms with Gasteiger partial charge in [-0.05, 0) is 39.9 Å². The van der Waals surface area contributed by atoms with Crippen molar-refractivity contribution in [1.29, 1.82) is 0 Å². The molecule has 1 unspecified atom stereocenters. The molecule has 0 amide bonds. The fourth-order valence-electron chi connectivity index (χ4n) is 3.55. The molecule has 1 aliphatic rings. The molecule has 4 nitrogen and oxygen atoms in total. The van der Waals surface area contributed by atoms with E-state index in [9.17, 15) is 9.90 Å². The van der Waals surface area contributed by atoms with Crippen LogP contribution in [0.3, 0.4) is 0 Å². The van der Waals surface area contributed by atoms with Gasteiger partial charge in [-0.15, -0.1) is 0 Å². The smallest absolute Gasteiger partial charge is 0.339 e. The van der Waals surface area contributed by atoms with Crippen molar-refractivity contribution in [2.75, 3.05) is 12.3 Å². The molecule has 0 spiro atoms. The molecule has 3 N–H and O–H groups in total. The molecule has 3 aromatic carbocycles. The number of carbonyl (C=O) groups excluding carboxylic acids is 1. The first kappa shape index (κ1) is 16.4. The molecule has 1 aliphatic carbocycles. The van der Waals surface area contributed by atoms with E-state index in [1.807, 2.05) is 24.3 Å². The Kier molecular flexibility index (Phi) is 4.19. The van der Waals surface area contributed by atoms with Crippen LogP contribution in [0.15, 0.2) is 72.8 Å². The van der Waals surface area contributed by atoms with E-state index in [2.05, 4.69) is 24.3 Å². The van der Waals surface area contributed by atoms with Crippen LogP contribution in [-0.4, -0.2) is 17.7 Å². The van der Waals surface area contributed by atoms with E-state index in [0.717, 1.165) is 11.1 Å². The van der Waals surface area contributed by atoms with Gasteiger partial charge in [0, 0.05) is 11.6 Å². The predicted octanol–water partition coefficient (Wildman–Crippen LogP) is 3.66. The monoisotopic (exact) mass is 345 g/mol. The van der Waals surface area contributed by atoms with E-state index in [1.54, 1.807) is 24.3 Å². The van der Waals surface area contributed by atoms with Gasteiger partial charge in [0.15, 0.2) is 6.10 Å². The fourth-order valence-corrected chi connectivity index (χ4v) is 3.55. The summed E-state index contributed by atoms with van der Waals surface area (Å²) in [7, 11) is 0. The Morgan fingerprint density at radius 1 is 0.962 bits per heavy atom. The minimum atomic E-state index is -1.34. The number of hydrogen-bond acceptors (Lipinski definition) is 4. The Bertz CT molecular complexity index is 921. The quantitative estimate of drug-likeness (QED) is 0.559. The molecule has 1 atom stereocenters. The Hall–Kier alpha value is -3.11. The third-order valence-corrected chi connectivity index (χ3v) is 4.80. The fraction of sp³-hybridized carbons (Fsp3) is 0.136. The molecule has 0 fully saturated rings. The molecule has 0 saturated heterocycles. The molecule has 3 aromatic rings. The molecule has 0 radical (unpaired) electrons. The van der Waals surface area contributed by atoms with Gasteiger partial charge in [-0.2, -0.15) is 0 Å². The molecule has 0 aliphatic heterocycles. The van der Waals surface area contributed by atoms with Crippen LogP contribution in [0, 0.1) is 0 Å². The number of carbonyl (C=O) groups is 1. The number of aliphatic hydroxyl groups excluding tert-OH is 1. The van der Waals surface area contributed by atoms with Crippen molar-refractivity contribution in [3.05, 3.63) is 89.5 Å². The van der Waals surface area contributed by atoms with E-state index in [1.165, 1.54) is 11.1 Å². The molecule has 0 bridgehead atoms. The van der Waals surface area contributed by atoms with Crippen molar-refractivity contribution < 1.29 is 14.6 Å². The van der Waals surface area contributed by atoms with E-state index in [4.69, 9.17) is 10.5 Å². The lowest BCUT2D eigenvalue weighted by molar-refractivity contribution is -0.154. The lowest BCUT2D eigenvalue weighted by Crippen LogP contribution is -2.19. The second kappa shape index (κ2) is 6.65. The normalized spacial score (nSPS) is 13.7. The first-order chi connectivity index (χ1) is 12.6. The Labute approximate surface area is 151 Å². The molecule has 26 heavy (non-hydrogen) atoms. The summed E-state index contributed by atoms with van der Waals surface area (Å²) in [5.41, 5.74) is 11.3. The number of aliphatic hydroxyl groups is 1. The second-order valence-electron chi connectivity index (χ2n) is 6.43. The maximum atomic E-state index is 12.3. The second-order valence-corrected chi connectivity index (χ2v) is 6.43. The van der Waals surface area contributed by atoms with Gasteiger partial charge in [-0.25, -0.2) is 4.79 Å². The van der Waals surface area contributed by atoms with Crippen molar-refractivity contribution in [2.45, 2.75) is 12.0 Å². The summed E-state index contributed by atoms with van der Waals surface area (Å²) in [6.45, 7) is 0.187. The number of nitrogen functional groups attached to an aromatic ring is 1. The standard InChI is InChI=1S/C22H19NO3/c23-15-7-5-6-14(12-15)21(24)22(25)26-13-20-18-10-3-1-8-16(18)17-9-2-4-11-19(17)20/h1-12,20-21,24H,13,23H2. The van der Waals surface area contributed by atoms with Crippen molar-refractivity contribution in [3.63, 3.8) is 0 Å². The average Bonchev–Trinajstić information content (AvgIpc) is 2.99. The van der Waals surface area contributed by atoms with E-state index in [-0.39, 0.29) is 12.5 Å². The number of hydrogen-bond donors (Lipinski definition) is 2. The van der Waals surface area contributed by atoms with Crippen LogP contribution in [0.25, 0.3) is 11.1 Å². The zero-order chi connectivity index (χ0) is 18.1. The molecule has 4 heteroatoms. The first-order valence-corrected chi connectivity index (χ1v) is 8.53. The average molecular weight is 345 g/mol. The zero-order valence-electron chi connectivity index (χ0n) is 14.1. The van der Waals surface area contributed by atoms with Crippen LogP contribution in [0.2, 0.25) is 0 Å². The summed E-state index contributed by atoms with van der Waals surface area (Å²) in [4.78, 5) is 12.3. The number of esters is 1. The Morgan fingerprint density at radius 3 is 2.19 bits per heavy atom. The minimum Gasteiger partial charge on any atom is -0.463 e. The van der Waals surface area contributed by atoms with Gasteiger partial charge < -0.3 is 15.6 Å². The highest BCUT2D eigenvalue weighted by molar-refractivity contribution is 5.80. The van der Waals surface area contributed by atoms with Gasteiger partial charge in [0.1, 0.15) is 6.61 Å². The van der Waals surface area contributed by atoms with Crippen molar-refractivity contribution in [1.82, 2.24) is 0 Å². The molecule has 0 aromatic heterocycles. The molecule has 4 rings (SSSR count). The van der Waals surface area contributed by atoms with Crippen molar-refractivity contribution in [3.8, 4) is 11.1 Å². The van der Waals surface area contributed by atoms with Gasteiger partial charge in [0.2, 0.25) is 0 Å². The van der Waals surface area contributed by atoms with Gasteiger partial charge in [0.25, 0.3) is 0 Å². The first-order valence-electron chi connectivity index (χ1n) is 8.53. The minimum absolute atomic E-state index is 0.0283. The Morgan fingerprint density at radius 2 is 1.58 bits per heavy atom. The number of anilines is 1. The van der Waals surface area contributed by atoms with Gasteiger partial charge in [-0.3, -0.25) is 0 Å². The summed E-state index contributed by atoms with van der Waals surface area (Å²) >= 11 is 0. The molecular formula is C22H19NO3. The SMILES string of the molecule is Nc1cccc(C(O)C(=O)OCC2c3ccccc3-c3ccccc32)c1. The number of ether oxygens (including phenoxy) is 1. The topological polar surface area (TPSA) is 72.5 Å². The maximum Gasteiger partial charge on any atom is 0.339 e. The van der Waals surface area contributed by atoms with Crippen LogP contribution in [0.5, 0.6) is 0 Å². The van der Waals surface area contributed by atoms with Crippen molar-refractivity contribution in [2.24, 2.45) is 0 Å². The molecule has 130 valence electrons. The predicted molar refractivity (Wildman–Crippen MR) is 100 cm³/mol. The van der Waals surface area contributed by atoms with E-state index >= 15 is 0 Å². The summed E-state index contributed by atoms with van der Waals surface area (Å²) in [6.07, 6.45) is -1.34. The lowest BCUT2D eigenvalue weighted by atomic mass is 9.98. The summed E-state index contributed by atoms with van der Waals surface area (Å²) in [5, 5.41) is 10.2. The van der Waals surface area contributed by atoms with Gasteiger partial charge >= 0.3 is 5.97 Å². The van der Waals surface area contributed by atoms with E-state index in [0.29, 0.717) is 11.3 Å². The van der Waals surface area contributed by atoms with Crippen LogP contribution in [0.4, 0.5) is 5.69 Å². The molecule has 0 heterocycles. The highest BCUT2D eigenvalue weighted by atomic mass is 16.5. The third-order valence-electron chi connectivity index (χ3n) is 4.80. The van der Waals surface area contributed by atoms with Crippen LogP contribution in [-0.2, 0) is 9.53 Å². The third kappa shape index (κ3) is 2.85. The number of fused-ring (bicyclic) bond motifs is 3. The highest BCUT2D eigenvalue weighted by Crippen LogP contribution is 2.44. The zero-order valence-corrected chi connectivity index (χ0v) is 14.1. The molecular weight excluding hydrogens is 326 g/mol. The number of benzene rings is 3. The van der Waals surface area contributed by atoms with Crippen molar-refractivity contribution >= 4 is 11.7 Å². The van der Waals surface area contributed by atoms with Crippen LogP contribution < -0.4 is 5.73 Å². The van der Waals surface area contributed by atoms with Crippen LogP contribution in [0.1, 0.15) is 28.7 Å². The number of nitrogens with two attached hydrogens (primary N) is 1. The van der Waals surface area contributed by atoms with Gasteiger partial charge in [0.05, 0.1) is 0 Å². The Balaban J connectivity index is 1.54. The maximum absolute atomic E-state index is 12.3. The summed E-state index contributed by atoms with van der Waals surface area (Å²) in [6, 6.07) is 22.9.